The summed E-state index contributed by atoms with van der Waals surface area (Å²) in [4.78, 5) is 19.5. The Kier molecular flexibility index (Phi) is 7.22. The summed E-state index contributed by atoms with van der Waals surface area (Å²) >= 11 is 0. The maximum atomic E-state index is 9.86. The number of carboxylic acids is 1. The van der Waals surface area contributed by atoms with Gasteiger partial charge in [0.25, 0.3) is 0 Å². The third-order valence-corrected chi connectivity index (χ3v) is 0.399. The van der Waals surface area contributed by atoms with Crippen molar-refractivity contribution in [2.75, 3.05) is 6.61 Å². The summed E-state index contributed by atoms with van der Waals surface area (Å²) in [6.45, 7) is 0.609. The molecule has 0 radical (unpaired) electrons. The first-order valence-electron chi connectivity index (χ1n) is 1.98. The second kappa shape index (κ2) is 5.71. The molecule has 0 atom stereocenters. The van der Waals surface area contributed by atoms with E-state index >= 15 is 0 Å². The molecule has 0 rings (SSSR count). The Hall–Kier alpha value is -0.424. The number of hydrogen-bond acceptors (Lipinski definition) is 3. The third kappa shape index (κ3) is 11.2. The summed E-state index contributed by atoms with van der Waals surface area (Å²) in [5.74, 6) is -1.72. The van der Waals surface area contributed by atoms with Crippen LogP contribution in [0, 0.1) is 0 Å². The van der Waals surface area contributed by atoms with E-state index in [1.165, 1.54) is 0 Å². The molecule has 9 heavy (non-hydrogen) atoms. The number of carbonyl (C=O) groups is 2. The van der Waals surface area contributed by atoms with Crippen LogP contribution in [0.1, 0.15) is 6.92 Å². The molecule has 0 aromatic heterocycles. The average Bonchev–Trinajstić information content (AvgIpc) is 1.61. The summed E-state index contributed by atoms with van der Waals surface area (Å²) in [7, 11) is 0. The molecule has 0 aromatic carbocycles. The van der Waals surface area contributed by atoms with Gasteiger partial charge in [-0.3, -0.25) is 4.79 Å². The van der Waals surface area contributed by atoms with Crippen LogP contribution in [0.2, 0.25) is 0 Å². The van der Waals surface area contributed by atoms with Gasteiger partial charge < -0.3 is 9.84 Å². The van der Waals surface area contributed by atoms with Gasteiger partial charge in [0.2, 0.25) is 0 Å². The first-order chi connectivity index (χ1) is 3.63. The van der Waals surface area contributed by atoms with Crippen LogP contribution >= 0.6 is 0 Å². The number of hydrogen-bond donors (Lipinski definition) is 1. The summed E-state index contributed by atoms with van der Waals surface area (Å²) in [5.41, 5.74) is 0. The van der Waals surface area contributed by atoms with Crippen LogP contribution in [0.25, 0.3) is 0 Å². The van der Waals surface area contributed by atoms with Crippen molar-refractivity contribution >= 4 is 31.7 Å². The Morgan fingerprint density at radius 1 is 1.56 bits per heavy atom. The van der Waals surface area contributed by atoms with Crippen molar-refractivity contribution in [2.45, 2.75) is 6.92 Å². The maximum absolute atomic E-state index is 9.86. The fourth-order valence-electron chi connectivity index (χ4n) is 0.163. The normalized spacial score (nSPS) is 7.22. The van der Waals surface area contributed by atoms with Gasteiger partial charge in [0.15, 0.2) is 6.61 Å². The van der Waals surface area contributed by atoms with Crippen LogP contribution in [0.4, 0.5) is 0 Å². The Labute approximate surface area is 65.2 Å². The second-order valence-electron chi connectivity index (χ2n) is 1.17. The van der Waals surface area contributed by atoms with Gasteiger partial charge in [-0.2, -0.15) is 0 Å². The fourth-order valence-corrected chi connectivity index (χ4v) is 0.163. The Morgan fingerprint density at radius 2 is 2.00 bits per heavy atom. The standard InChI is InChI=1S/C4H6O4.Ga.3H/c1-3(5)8-2-4(6)7;;;;/h2H2,1H3,(H,6,7);;;;. The van der Waals surface area contributed by atoms with Gasteiger partial charge in [-0.05, 0) is 0 Å². The fraction of sp³-hybridized carbons (Fsp3) is 0.500. The van der Waals surface area contributed by atoms with E-state index in [2.05, 4.69) is 4.74 Å². The summed E-state index contributed by atoms with van der Waals surface area (Å²) in [6.07, 6.45) is 0. The van der Waals surface area contributed by atoms with Crippen molar-refractivity contribution < 1.29 is 19.4 Å². The zero-order valence-electron chi connectivity index (χ0n) is 4.38. The van der Waals surface area contributed by atoms with E-state index in [0.29, 0.717) is 0 Å². The van der Waals surface area contributed by atoms with Gasteiger partial charge in [0, 0.05) is 6.92 Å². The average molecular weight is 191 g/mol. The van der Waals surface area contributed by atoms with Gasteiger partial charge in [-0.1, -0.05) is 0 Å². The van der Waals surface area contributed by atoms with Gasteiger partial charge in [0.1, 0.15) is 0 Å². The van der Waals surface area contributed by atoms with E-state index in [0.717, 1.165) is 6.92 Å². The molecule has 0 saturated heterocycles. The molecule has 1 N–H and O–H groups in total. The molecule has 0 fully saturated rings. The van der Waals surface area contributed by atoms with E-state index < -0.39 is 18.5 Å². The molecular weight excluding hydrogens is 182 g/mol. The summed E-state index contributed by atoms with van der Waals surface area (Å²) in [5, 5.41) is 7.89. The molecule has 0 saturated carbocycles. The minimum atomic E-state index is -1.14. The van der Waals surface area contributed by atoms with Crippen molar-refractivity contribution in [3.8, 4) is 0 Å². The quantitative estimate of drug-likeness (QED) is 0.423. The molecular formula is C4H9GaO4. The molecule has 4 nitrogen and oxygen atoms in total. The Balaban J connectivity index is 0. The molecule has 0 aliphatic heterocycles. The molecule has 52 valence electrons. The summed E-state index contributed by atoms with van der Waals surface area (Å²) in [6, 6.07) is 0. The van der Waals surface area contributed by atoms with Crippen molar-refractivity contribution in [3.63, 3.8) is 0 Å². The summed E-state index contributed by atoms with van der Waals surface area (Å²) < 4.78 is 4.06. The first-order valence-corrected chi connectivity index (χ1v) is 1.98. The van der Waals surface area contributed by atoms with E-state index in [9.17, 15) is 9.59 Å². The van der Waals surface area contributed by atoms with Crippen LogP contribution in [-0.2, 0) is 14.3 Å². The third-order valence-electron chi connectivity index (χ3n) is 0.399. The van der Waals surface area contributed by atoms with Gasteiger partial charge >= 0.3 is 31.7 Å². The Bertz CT molecular complexity index is 97.1. The molecule has 0 aromatic rings. The van der Waals surface area contributed by atoms with Crippen LogP contribution in [0.3, 0.4) is 0 Å². The van der Waals surface area contributed by atoms with Gasteiger partial charge in [0.05, 0.1) is 0 Å². The molecule has 0 amide bonds. The van der Waals surface area contributed by atoms with Gasteiger partial charge in [-0.15, -0.1) is 0 Å². The van der Waals surface area contributed by atoms with Gasteiger partial charge in [-0.25, -0.2) is 4.79 Å². The number of rotatable bonds is 2. The number of carboxylic acid groups (broad SMARTS) is 1. The molecule has 0 aliphatic carbocycles. The van der Waals surface area contributed by atoms with Crippen LogP contribution < -0.4 is 0 Å². The molecule has 0 spiro atoms. The van der Waals surface area contributed by atoms with Crippen LogP contribution in [0.15, 0.2) is 0 Å². The van der Waals surface area contributed by atoms with E-state index in [4.69, 9.17) is 5.11 Å². The monoisotopic (exact) mass is 190 g/mol. The molecule has 5 heteroatoms. The molecule has 0 unspecified atom stereocenters. The number of ether oxygens (including phenoxy) is 1. The van der Waals surface area contributed by atoms with Crippen molar-refractivity contribution in [3.05, 3.63) is 0 Å². The topological polar surface area (TPSA) is 63.6 Å². The second-order valence-corrected chi connectivity index (χ2v) is 1.17. The number of esters is 1. The van der Waals surface area contributed by atoms with Crippen molar-refractivity contribution in [2.24, 2.45) is 0 Å². The number of carbonyl (C=O) groups excluding carboxylic acids is 1. The van der Waals surface area contributed by atoms with Crippen molar-refractivity contribution in [1.29, 1.82) is 0 Å². The molecule has 0 aliphatic rings. The molecule has 0 heterocycles. The zero-order chi connectivity index (χ0) is 6.57. The van der Waals surface area contributed by atoms with Crippen LogP contribution in [0.5, 0.6) is 0 Å². The Morgan fingerprint density at radius 3 is 2.11 bits per heavy atom. The van der Waals surface area contributed by atoms with E-state index in [1.807, 2.05) is 0 Å². The molecule has 0 bridgehead atoms. The number of aliphatic carboxylic acids is 1. The van der Waals surface area contributed by atoms with Crippen molar-refractivity contribution in [1.82, 2.24) is 0 Å². The first kappa shape index (κ1) is 11.4. The van der Waals surface area contributed by atoms with E-state index in [1.54, 1.807) is 0 Å². The predicted octanol–water partition coefficient (Wildman–Crippen LogP) is -1.55. The SMILES string of the molecule is CC(=O)OCC(=O)O.[GaH3]. The van der Waals surface area contributed by atoms with E-state index in [-0.39, 0.29) is 19.8 Å². The zero-order valence-corrected chi connectivity index (χ0v) is 4.38. The predicted molar refractivity (Wildman–Crippen MR) is 34.2 cm³/mol. The minimum absolute atomic E-state index is 0. The van der Waals surface area contributed by atoms with Crippen LogP contribution in [-0.4, -0.2) is 43.4 Å².